The van der Waals surface area contributed by atoms with Gasteiger partial charge in [-0.15, -0.1) is 11.6 Å². The molecule has 0 spiro atoms. The Hall–Kier alpha value is -0.240. The number of carbonyl (C=O) groups excluding carboxylic acids is 1. The maximum atomic E-state index is 11.4. The van der Waals surface area contributed by atoms with E-state index in [9.17, 15) is 4.79 Å². The first-order valence-electron chi connectivity index (χ1n) is 4.48. The Labute approximate surface area is 78.7 Å². The van der Waals surface area contributed by atoms with Crippen molar-refractivity contribution in [3.05, 3.63) is 0 Å². The molecule has 0 aliphatic heterocycles. The molecule has 1 aliphatic carbocycles. The van der Waals surface area contributed by atoms with Crippen molar-refractivity contribution in [2.75, 3.05) is 6.54 Å². The summed E-state index contributed by atoms with van der Waals surface area (Å²) < 4.78 is 0. The molecular weight excluding hydrogens is 174 g/mol. The molecule has 0 bridgehead atoms. The van der Waals surface area contributed by atoms with Crippen molar-refractivity contribution in [2.24, 2.45) is 11.8 Å². The fourth-order valence-corrected chi connectivity index (χ4v) is 1.88. The predicted octanol–water partition coefficient (Wildman–Crippen LogP) is 1.78. The van der Waals surface area contributed by atoms with E-state index in [-0.39, 0.29) is 16.7 Å². The van der Waals surface area contributed by atoms with E-state index in [4.69, 9.17) is 11.6 Å². The van der Waals surface area contributed by atoms with Crippen LogP contribution < -0.4 is 5.32 Å². The average molecular weight is 190 g/mol. The Morgan fingerprint density at radius 1 is 1.67 bits per heavy atom. The maximum Gasteiger partial charge on any atom is 0.225 e. The zero-order valence-electron chi connectivity index (χ0n) is 7.86. The van der Waals surface area contributed by atoms with Crippen LogP contribution in [0.4, 0.5) is 0 Å². The summed E-state index contributed by atoms with van der Waals surface area (Å²) in [5, 5.41) is 2.86. The van der Waals surface area contributed by atoms with Crippen LogP contribution in [0.5, 0.6) is 0 Å². The van der Waals surface area contributed by atoms with Gasteiger partial charge in [-0.25, -0.2) is 0 Å². The number of hydrogen-bond acceptors (Lipinski definition) is 1. The number of rotatable bonds is 3. The van der Waals surface area contributed by atoms with E-state index in [0.717, 1.165) is 13.0 Å². The molecule has 12 heavy (non-hydrogen) atoms. The maximum absolute atomic E-state index is 11.4. The molecule has 0 saturated heterocycles. The third kappa shape index (κ3) is 1.58. The van der Waals surface area contributed by atoms with Crippen LogP contribution in [-0.4, -0.2) is 17.3 Å². The Morgan fingerprint density at radius 3 is 2.50 bits per heavy atom. The fourth-order valence-electron chi connectivity index (χ4n) is 1.53. The summed E-state index contributed by atoms with van der Waals surface area (Å²) in [7, 11) is 0. The second-order valence-electron chi connectivity index (χ2n) is 3.71. The van der Waals surface area contributed by atoms with Gasteiger partial charge >= 0.3 is 0 Å². The molecule has 2 nitrogen and oxygen atoms in total. The average Bonchev–Trinajstić information content (AvgIpc) is 2.47. The van der Waals surface area contributed by atoms with Crippen molar-refractivity contribution in [3.63, 3.8) is 0 Å². The highest BCUT2D eigenvalue weighted by molar-refractivity contribution is 6.28. The fraction of sp³-hybridized carbons (Fsp3) is 0.889. The molecule has 3 unspecified atom stereocenters. The van der Waals surface area contributed by atoms with Gasteiger partial charge in [0.15, 0.2) is 0 Å². The SMILES string of the molecule is CCCNC(=O)C1C(C)C1(C)Cl. The molecular formula is C9H16ClNO. The zero-order chi connectivity index (χ0) is 9.35. The number of alkyl halides is 1. The number of amides is 1. The highest BCUT2D eigenvalue weighted by Crippen LogP contribution is 2.55. The molecule has 0 aromatic heterocycles. The lowest BCUT2D eigenvalue weighted by Gasteiger charge is -2.02. The van der Waals surface area contributed by atoms with Crippen molar-refractivity contribution in [1.82, 2.24) is 5.32 Å². The molecule has 3 heteroatoms. The standard InChI is InChI=1S/C9H16ClNO/c1-4-5-11-8(12)7-6(2)9(7,3)10/h6-7H,4-5H2,1-3H3,(H,11,12). The first-order valence-corrected chi connectivity index (χ1v) is 4.86. The molecule has 1 N–H and O–H groups in total. The van der Waals surface area contributed by atoms with E-state index in [0.29, 0.717) is 5.92 Å². The van der Waals surface area contributed by atoms with E-state index in [1.54, 1.807) is 0 Å². The quantitative estimate of drug-likeness (QED) is 0.674. The summed E-state index contributed by atoms with van der Waals surface area (Å²) in [4.78, 5) is 11.1. The summed E-state index contributed by atoms with van der Waals surface area (Å²) in [5.74, 6) is 0.448. The zero-order valence-corrected chi connectivity index (χ0v) is 8.61. The molecule has 1 fully saturated rings. The first kappa shape index (κ1) is 9.85. The van der Waals surface area contributed by atoms with Crippen LogP contribution in [0, 0.1) is 11.8 Å². The van der Waals surface area contributed by atoms with Crippen LogP contribution in [0.15, 0.2) is 0 Å². The molecule has 0 aromatic rings. The van der Waals surface area contributed by atoms with E-state index in [1.807, 2.05) is 20.8 Å². The van der Waals surface area contributed by atoms with Gasteiger partial charge in [-0.2, -0.15) is 0 Å². The highest BCUT2D eigenvalue weighted by atomic mass is 35.5. The molecule has 1 amide bonds. The number of halogens is 1. The molecule has 3 atom stereocenters. The summed E-state index contributed by atoms with van der Waals surface area (Å²) in [5.41, 5.74) is 0. The minimum absolute atomic E-state index is 0.0192. The van der Waals surface area contributed by atoms with Gasteiger partial charge in [-0.05, 0) is 19.3 Å². The Bertz CT molecular complexity index is 191. The smallest absolute Gasteiger partial charge is 0.225 e. The van der Waals surface area contributed by atoms with Crippen LogP contribution in [-0.2, 0) is 4.79 Å². The van der Waals surface area contributed by atoms with Gasteiger partial charge < -0.3 is 5.32 Å². The van der Waals surface area contributed by atoms with Crippen LogP contribution in [0.25, 0.3) is 0 Å². The van der Waals surface area contributed by atoms with Crippen LogP contribution in [0.1, 0.15) is 27.2 Å². The molecule has 1 rings (SSSR count). The van der Waals surface area contributed by atoms with Crippen molar-refractivity contribution >= 4 is 17.5 Å². The van der Waals surface area contributed by atoms with E-state index >= 15 is 0 Å². The lowest BCUT2D eigenvalue weighted by Crippen LogP contribution is -2.27. The second-order valence-corrected chi connectivity index (χ2v) is 4.52. The molecule has 70 valence electrons. The van der Waals surface area contributed by atoms with Crippen LogP contribution in [0.2, 0.25) is 0 Å². The summed E-state index contributed by atoms with van der Waals surface area (Å²) >= 11 is 6.07. The van der Waals surface area contributed by atoms with Gasteiger partial charge in [0.1, 0.15) is 0 Å². The number of carbonyl (C=O) groups is 1. The minimum Gasteiger partial charge on any atom is -0.356 e. The molecule has 0 heterocycles. The molecule has 0 radical (unpaired) electrons. The third-order valence-electron chi connectivity index (χ3n) is 2.72. The largest absolute Gasteiger partial charge is 0.356 e. The van der Waals surface area contributed by atoms with E-state index in [2.05, 4.69) is 5.32 Å². The minimum atomic E-state index is -0.294. The van der Waals surface area contributed by atoms with Gasteiger partial charge in [0.25, 0.3) is 0 Å². The van der Waals surface area contributed by atoms with Gasteiger partial charge in [-0.3, -0.25) is 4.79 Å². The van der Waals surface area contributed by atoms with Crippen molar-refractivity contribution in [3.8, 4) is 0 Å². The lowest BCUT2D eigenvalue weighted by molar-refractivity contribution is -0.122. The monoisotopic (exact) mass is 189 g/mol. The molecule has 0 aromatic carbocycles. The van der Waals surface area contributed by atoms with Crippen molar-refractivity contribution < 1.29 is 4.79 Å². The number of nitrogens with one attached hydrogen (secondary N) is 1. The Kier molecular flexibility index (Phi) is 2.67. The second kappa shape index (κ2) is 3.25. The third-order valence-corrected chi connectivity index (χ3v) is 3.30. The van der Waals surface area contributed by atoms with Crippen LogP contribution in [0.3, 0.4) is 0 Å². The lowest BCUT2D eigenvalue weighted by atomic mass is 10.3. The Balaban J connectivity index is 2.37. The summed E-state index contributed by atoms with van der Waals surface area (Å²) in [6, 6.07) is 0. The van der Waals surface area contributed by atoms with Crippen molar-refractivity contribution in [1.29, 1.82) is 0 Å². The summed E-state index contributed by atoms with van der Waals surface area (Å²) in [6.07, 6.45) is 0.978. The van der Waals surface area contributed by atoms with Gasteiger partial charge in [0.05, 0.1) is 10.8 Å². The topological polar surface area (TPSA) is 29.1 Å². The normalized spacial score (nSPS) is 39.3. The van der Waals surface area contributed by atoms with E-state index < -0.39 is 0 Å². The van der Waals surface area contributed by atoms with Gasteiger partial charge in [-0.1, -0.05) is 13.8 Å². The predicted molar refractivity (Wildman–Crippen MR) is 50.2 cm³/mol. The summed E-state index contributed by atoms with van der Waals surface area (Å²) in [6.45, 7) is 6.74. The van der Waals surface area contributed by atoms with E-state index in [1.165, 1.54) is 0 Å². The van der Waals surface area contributed by atoms with Crippen LogP contribution >= 0.6 is 11.6 Å². The van der Waals surface area contributed by atoms with Gasteiger partial charge in [0.2, 0.25) is 5.91 Å². The van der Waals surface area contributed by atoms with Gasteiger partial charge in [0, 0.05) is 6.54 Å². The first-order chi connectivity index (χ1) is 5.51. The molecule has 1 saturated carbocycles. The van der Waals surface area contributed by atoms with Crippen molar-refractivity contribution in [2.45, 2.75) is 32.1 Å². The highest BCUT2D eigenvalue weighted by Gasteiger charge is 2.61. The Morgan fingerprint density at radius 2 is 2.17 bits per heavy atom. The molecule has 1 aliphatic rings. The number of hydrogen-bond donors (Lipinski definition) is 1.